The lowest BCUT2D eigenvalue weighted by Gasteiger charge is -2.24. The monoisotopic (exact) mass is 324 g/mol. The quantitative estimate of drug-likeness (QED) is 0.859. The predicted molar refractivity (Wildman–Crippen MR) is 79.7 cm³/mol. The minimum absolute atomic E-state index is 0.179. The summed E-state index contributed by atoms with van der Waals surface area (Å²) in [5, 5.41) is 8.03. The second-order valence-electron chi connectivity index (χ2n) is 5.50. The Morgan fingerprint density at radius 2 is 2.18 bits per heavy atom. The van der Waals surface area contributed by atoms with Gasteiger partial charge in [-0.2, -0.15) is 9.40 Å². The minimum Gasteiger partial charge on any atom is -0.360 e. The number of hydrogen-bond acceptors (Lipinski definition) is 5. The molecular formula is C14H20N4O3S. The highest BCUT2D eigenvalue weighted by Crippen LogP contribution is 2.37. The summed E-state index contributed by atoms with van der Waals surface area (Å²) in [6, 6.07) is 1.72. The van der Waals surface area contributed by atoms with Crippen LogP contribution in [-0.4, -0.2) is 34.2 Å². The van der Waals surface area contributed by atoms with Gasteiger partial charge < -0.3 is 4.52 Å². The fourth-order valence-electron chi connectivity index (χ4n) is 3.17. The molecule has 2 aromatic heterocycles. The van der Waals surface area contributed by atoms with Crippen molar-refractivity contribution in [2.45, 2.75) is 51.1 Å². The van der Waals surface area contributed by atoms with Gasteiger partial charge in [0.15, 0.2) is 5.76 Å². The molecular weight excluding hydrogens is 304 g/mol. The van der Waals surface area contributed by atoms with Crippen molar-refractivity contribution in [2.75, 3.05) is 6.54 Å². The number of hydrogen-bond donors (Lipinski definition) is 0. The minimum atomic E-state index is -3.62. The van der Waals surface area contributed by atoms with Crippen LogP contribution >= 0.6 is 0 Å². The molecule has 0 radical (unpaired) electrons. The van der Waals surface area contributed by atoms with Gasteiger partial charge >= 0.3 is 0 Å². The average molecular weight is 324 g/mol. The van der Waals surface area contributed by atoms with Crippen LogP contribution in [0, 0.1) is 13.8 Å². The van der Waals surface area contributed by atoms with Gasteiger partial charge in [0, 0.05) is 19.3 Å². The molecule has 3 rings (SSSR count). The number of aryl methyl sites for hydroxylation is 3. The van der Waals surface area contributed by atoms with Crippen LogP contribution in [0.25, 0.3) is 0 Å². The van der Waals surface area contributed by atoms with Gasteiger partial charge in [0.05, 0.1) is 11.7 Å². The van der Waals surface area contributed by atoms with Gasteiger partial charge in [-0.05, 0) is 39.7 Å². The largest absolute Gasteiger partial charge is 0.360 e. The van der Waals surface area contributed by atoms with E-state index in [2.05, 4.69) is 10.3 Å². The van der Waals surface area contributed by atoms with E-state index < -0.39 is 10.0 Å². The average Bonchev–Trinajstić information content (AvgIpc) is 3.17. The van der Waals surface area contributed by atoms with Crippen LogP contribution in [0.15, 0.2) is 21.7 Å². The molecule has 0 spiro atoms. The lowest BCUT2D eigenvalue weighted by atomic mass is 10.1. The Morgan fingerprint density at radius 3 is 2.82 bits per heavy atom. The van der Waals surface area contributed by atoms with Gasteiger partial charge in [-0.25, -0.2) is 8.42 Å². The third-order valence-electron chi connectivity index (χ3n) is 4.13. The van der Waals surface area contributed by atoms with E-state index in [4.69, 9.17) is 4.52 Å². The van der Waals surface area contributed by atoms with Crippen LogP contribution in [0.2, 0.25) is 0 Å². The van der Waals surface area contributed by atoms with Gasteiger partial charge in [0.1, 0.15) is 10.6 Å². The Balaban J connectivity index is 2.03. The molecule has 0 N–H and O–H groups in total. The molecule has 0 amide bonds. The second kappa shape index (κ2) is 5.51. The molecule has 0 aromatic carbocycles. The smallest absolute Gasteiger partial charge is 0.249 e. The van der Waals surface area contributed by atoms with Crippen molar-refractivity contribution in [1.82, 2.24) is 19.2 Å². The number of rotatable bonds is 4. The Labute approximate surface area is 129 Å². The van der Waals surface area contributed by atoms with Crippen molar-refractivity contribution in [3.63, 3.8) is 0 Å². The van der Waals surface area contributed by atoms with E-state index >= 15 is 0 Å². The van der Waals surface area contributed by atoms with Crippen molar-refractivity contribution in [2.24, 2.45) is 0 Å². The van der Waals surface area contributed by atoms with E-state index in [0.717, 1.165) is 25.1 Å². The fourth-order valence-corrected chi connectivity index (χ4v) is 5.14. The van der Waals surface area contributed by atoms with Crippen LogP contribution in [-0.2, 0) is 16.6 Å². The van der Waals surface area contributed by atoms with E-state index in [-0.39, 0.29) is 10.9 Å². The van der Waals surface area contributed by atoms with E-state index in [1.54, 1.807) is 24.3 Å². The first kappa shape index (κ1) is 15.2. The van der Waals surface area contributed by atoms with Gasteiger partial charge in [0.2, 0.25) is 10.0 Å². The number of nitrogens with zero attached hydrogens (tertiary/aromatic N) is 4. The van der Waals surface area contributed by atoms with Crippen molar-refractivity contribution >= 4 is 10.0 Å². The fraction of sp³-hybridized carbons (Fsp3) is 0.571. The summed E-state index contributed by atoms with van der Waals surface area (Å²) in [6.07, 6.45) is 3.36. The summed E-state index contributed by atoms with van der Waals surface area (Å²) in [5.41, 5.74) is 1.35. The van der Waals surface area contributed by atoms with Gasteiger partial charge in [0.25, 0.3) is 0 Å². The zero-order valence-corrected chi connectivity index (χ0v) is 13.8. The van der Waals surface area contributed by atoms with Crippen molar-refractivity contribution < 1.29 is 12.9 Å². The Kier molecular flexibility index (Phi) is 3.82. The highest BCUT2D eigenvalue weighted by molar-refractivity contribution is 7.89. The Bertz CT molecular complexity index is 758. The molecule has 0 aliphatic carbocycles. The summed E-state index contributed by atoms with van der Waals surface area (Å²) in [4.78, 5) is 0.196. The second-order valence-corrected chi connectivity index (χ2v) is 7.33. The standard InChI is InChI=1S/C14H20N4O3S/c1-4-17-12(7-8-15-17)13-6-5-9-18(13)22(19,20)14-10(2)16-21-11(14)3/h7-8,13H,4-6,9H2,1-3H3/t13-/m1/s1. The third-order valence-corrected chi connectivity index (χ3v) is 6.28. The van der Waals surface area contributed by atoms with Gasteiger partial charge in [-0.15, -0.1) is 0 Å². The molecule has 0 unspecified atom stereocenters. The molecule has 1 aliphatic heterocycles. The highest BCUT2D eigenvalue weighted by atomic mass is 32.2. The third kappa shape index (κ3) is 2.26. The van der Waals surface area contributed by atoms with Crippen molar-refractivity contribution in [3.8, 4) is 0 Å². The Morgan fingerprint density at radius 1 is 1.41 bits per heavy atom. The molecule has 1 fully saturated rings. The topological polar surface area (TPSA) is 81.2 Å². The number of sulfonamides is 1. The van der Waals surface area contributed by atoms with Crippen LogP contribution in [0.1, 0.15) is 43.0 Å². The Hall–Kier alpha value is -1.67. The van der Waals surface area contributed by atoms with Crippen LogP contribution in [0.4, 0.5) is 0 Å². The molecule has 2 aromatic rings. The van der Waals surface area contributed by atoms with Crippen molar-refractivity contribution in [3.05, 3.63) is 29.4 Å². The van der Waals surface area contributed by atoms with E-state index in [1.807, 2.05) is 17.7 Å². The predicted octanol–water partition coefficient (Wildman–Crippen LogP) is 2.03. The summed E-state index contributed by atoms with van der Waals surface area (Å²) >= 11 is 0. The SMILES string of the molecule is CCn1nccc1[C@H]1CCCN1S(=O)(=O)c1c(C)noc1C. The maximum absolute atomic E-state index is 13.0. The van der Waals surface area contributed by atoms with Crippen LogP contribution in [0.3, 0.4) is 0 Å². The van der Waals surface area contributed by atoms with Crippen molar-refractivity contribution in [1.29, 1.82) is 0 Å². The van der Waals surface area contributed by atoms with Gasteiger partial charge in [-0.1, -0.05) is 5.16 Å². The van der Waals surface area contributed by atoms with Crippen LogP contribution in [0.5, 0.6) is 0 Å². The molecule has 0 saturated carbocycles. The van der Waals surface area contributed by atoms with Crippen LogP contribution < -0.4 is 0 Å². The van der Waals surface area contributed by atoms with E-state index in [0.29, 0.717) is 18.0 Å². The zero-order valence-electron chi connectivity index (χ0n) is 13.0. The van der Waals surface area contributed by atoms with E-state index in [9.17, 15) is 8.42 Å². The molecule has 3 heterocycles. The number of aromatic nitrogens is 3. The summed E-state index contributed by atoms with van der Waals surface area (Å²) in [6.45, 7) is 6.52. The zero-order chi connectivity index (χ0) is 15.9. The highest BCUT2D eigenvalue weighted by Gasteiger charge is 2.40. The normalized spacial score (nSPS) is 19.9. The molecule has 0 bridgehead atoms. The molecule has 1 atom stereocenters. The van der Waals surface area contributed by atoms with Gasteiger partial charge in [-0.3, -0.25) is 4.68 Å². The molecule has 8 heteroatoms. The summed E-state index contributed by atoms with van der Waals surface area (Å²) < 4.78 is 34.5. The molecule has 1 saturated heterocycles. The molecule has 22 heavy (non-hydrogen) atoms. The molecule has 120 valence electrons. The maximum atomic E-state index is 13.0. The lowest BCUT2D eigenvalue weighted by molar-refractivity contribution is 0.371. The van der Waals surface area contributed by atoms with E-state index in [1.165, 1.54) is 0 Å². The first-order chi connectivity index (χ1) is 10.5. The first-order valence-electron chi connectivity index (χ1n) is 7.43. The summed E-state index contributed by atoms with van der Waals surface area (Å²) in [5.74, 6) is 0.340. The maximum Gasteiger partial charge on any atom is 0.249 e. The molecule has 1 aliphatic rings. The lowest BCUT2D eigenvalue weighted by Crippen LogP contribution is -2.32. The summed E-state index contributed by atoms with van der Waals surface area (Å²) in [7, 11) is -3.62. The molecule has 7 nitrogen and oxygen atoms in total. The first-order valence-corrected chi connectivity index (χ1v) is 8.87.